The van der Waals surface area contributed by atoms with E-state index in [1.807, 2.05) is 22.5 Å². The minimum atomic E-state index is 0.0423. The van der Waals surface area contributed by atoms with Crippen molar-refractivity contribution in [3.8, 4) is 0 Å². The second-order valence-electron chi connectivity index (χ2n) is 9.29. The fourth-order valence-electron chi connectivity index (χ4n) is 5.41. The summed E-state index contributed by atoms with van der Waals surface area (Å²) in [4.78, 5) is 24.7. The summed E-state index contributed by atoms with van der Waals surface area (Å²) in [6.07, 6.45) is 13.4. The van der Waals surface area contributed by atoms with Gasteiger partial charge < -0.3 is 14.7 Å². The molecule has 2 unspecified atom stereocenters. The van der Waals surface area contributed by atoms with Gasteiger partial charge in [0.2, 0.25) is 0 Å². The van der Waals surface area contributed by atoms with Crippen LogP contribution in [0.2, 0.25) is 0 Å². The van der Waals surface area contributed by atoms with Gasteiger partial charge in [-0.1, -0.05) is 35.4 Å². The van der Waals surface area contributed by atoms with E-state index in [1.54, 1.807) is 6.08 Å². The van der Waals surface area contributed by atoms with Crippen molar-refractivity contribution in [3.05, 3.63) is 59.5 Å². The molecule has 0 spiro atoms. The SMILES string of the molecule is CCc1nc(C)cn2nc(C3=CC(=O)N4C=C(N5CCC(N(CC)CC)CC5)C=CC4P3)cc12. The quantitative estimate of drug-likeness (QED) is 0.588. The molecular formula is C26H35N6OP. The number of nitrogens with zero attached hydrogens (tertiary/aromatic N) is 6. The summed E-state index contributed by atoms with van der Waals surface area (Å²) < 4.78 is 1.91. The van der Waals surface area contributed by atoms with Gasteiger partial charge >= 0.3 is 0 Å². The fourth-order valence-corrected chi connectivity index (χ4v) is 6.73. The minimum Gasteiger partial charge on any atom is -0.370 e. The number of hydrogen-bond donors (Lipinski definition) is 0. The average Bonchev–Trinajstić information content (AvgIpc) is 3.28. The normalized spacial score (nSPS) is 22.0. The number of rotatable bonds is 6. The Morgan fingerprint density at radius 1 is 1.18 bits per heavy atom. The van der Waals surface area contributed by atoms with Gasteiger partial charge in [-0.25, -0.2) is 4.52 Å². The number of carbonyl (C=O) groups is 1. The standard InChI is InChI=1S/C26H35N6OP/c1-5-21-23-14-22(28-32(23)16-18(4)27-21)24-15-25(33)31-17-20(8-9-26(31)34-24)30-12-10-19(11-13-30)29(6-2)7-3/h8-9,14-17,19,26,34H,5-7,10-13H2,1-4H3. The number of aryl methyl sites for hydroxylation is 2. The Kier molecular flexibility index (Phi) is 6.59. The first-order valence-electron chi connectivity index (χ1n) is 12.6. The van der Waals surface area contributed by atoms with Gasteiger partial charge in [0.15, 0.2) is 0 Å². The van der Waals surface area contributed by atoms with E-state index < -0.39 is 0 Å². The molecule has 180 valence electrons. The Labute approximate surface area is 204 Å². The summed E-state index contributed by atoms with van der Waals surface area (Å²) >= 11 is 0. The molecule has 0 bridgehead atoms. The van der Waals surface area contributed by atoms with E-state index in [0.717, 1.165) is 66.2 Å². The second-order valence-corrected chi connectivity index (χ2v) is 10.7. The van der Waals surface area contributed by atoms with Crippen LogP contribution in [0.5, 0.6) is 0 Å². The number of piperidine rings is 1. The highest BCUT2D eigenvalue weighted by atomic mass is 31.1. The number of amides is 1. The predicted molar refractivity (Wildman–Crippen MR) is 139 cm³/mol. The van der Waals surface area contributed by atoms with Crippen LogP contribution in [-0.2, 0) is 11.2 Å². The molecule has 0 aromatic carbocycles. The van der Waals surface area contributed by atoms with Crippen LogP contribution in [0.4, 0.5) is 0 Å². The molecule has 1 amide bonds. The van der Waals surface area contributed by atoms with Crippen molar-refractivity contribution in [2.75, 3.05) is 26.2 Å². The second kappa shape index (κ2) is 9.63. The van der Waals surface area contributed by atoms with Gasteiger partial charge in [0.25, 0.3) is 5.91 Å². The maximum atomic E-state index is 13.2. The Balaban J connectivity index is 1.33. The lowest BCUT2D eigenvalue weighted by Crippen LogP contribution is -2.45. The van der Waals surface area contributed by atoms with Crippen LogP contribution in [0.25, 0.3) is 10.8 Å². The maximum Gasteiger partial charge on any atom is 0.252 e. The molecule has 2 atom stereocenters. The van der Waals surface area contributed by atoms with E-state index in [4.69, 9.17) is 5.10 Å². The molecule has 1 fully saturated rings. The third-order valence-electron chi connectivity index (χ3n) is 7.27. The zero-order chi connectivity index (χ0) is 23.8. The molecule has 0 saturated carbocycles. The molecule has 1 saturated heterocycles. The van der Waals surface area contributed by atoms with Crippen molar-refractivity contribution in [1.82, 2.24) is 29.3 Å². The summed E-state index contributed by atoms with van der Waals surface area (Å²) in [5, 5.41) is 5.82. The van der Waals surface area contributed by atoms with Gasteiger partial charge in [-0.2, -0.15) is 5.10 Å². The first kappa shape index (κ1) is 23.3. The van der Waals surface area contributed by atoms with Crippen molar-refractivity contribution in [1.29, 1.82) is 0 Å². The zero-order valence-electron chi connectivity index (χ0n) is 20.7. The van der Waals surface area contributed by atoms with E-state index in [0.29, 0.717) is 14.6 Å². The molecular weight excluding hydrogens is 443 g/mol. The largest absolute Gasteiger partial charge is 0.370 e. The molecule has 2 aromatic heterocycles. The van der Waals surface area contributed by atoms with Gasteiger partial charge in [0.1, 0.15) is 0 Å². The van der Waals surface area contributed by atoms with E-state index in [2.05, 4.69) is 60.0 Å². The van der Waals surface area contributed by atoms with Crippen LogP contribution >= 0.6 is 8.58 Å². The number of aromatic nitrogens is 3. The third kappa shape index (κ3) is 4.32. The Hall–Kier alpha value is -2.50. The van der Waals surface area contributed by atoms with Crippen molar-refractivity contribution >= 4 is 25.3 Å². The zero-order valence-corrected chi connectivity index (χ0v) is 21.7. The molecule has 0 radical (unpaired) electrons. The van der Waals surface area contributed by atoms with Crippen LogP contribution < -0.4 is 0 Å². The highest BCUT2D eigenvalue weighted by Crippen LogP contribution is 2.44. The van der Waals surface area contributed by atoms with Crippen molar-refractivity contribution in [2.45, 2.75) is 58.8 Å². The summed E-state index contributed by atoms with van der Waals surface area (Å²) in [6, 6.07) is 2.76. The smallest absolute Gasteiger partial charge is 0.252 e. The van der Waals surface area contributed by atoms with Crippen LogP contribution in [-0.4, -0.2) is 73.2 Å². The fraction of sp³-hybridized carbons (Fsp3) is 0.500. The molecule has 5 heterocycles. The average molecular weight is 479 g/mol. The summed E-state index contributed by atoms with van der Waals surface area (Å²) in [7, 11) is 0.470. The first-order chi connectivity index (χ1) is 16.5. The molecule has 0 N–H and O–H groups in total. The molecule has 5 rings (SSSR count). The molecule has 8 heteroatoms. The van der Waals surface area contributed by atoms with Crippen LogP contribution in [0.1, 0.15) is 50.7 Å². The van der Waals surface area contributed by atoms with E-state index in [-0.39, 0.29) is 11.7 Å². The Morgan fingerprint density at radius 3 is 2.65 bits per heavy atom. The number of likely N-dealkylation sites (tertiary alicyclic amines) is 1. The monoisotopic (exact) mass is 478 g/mol. The minimum absolute atomic E-state index is 0.0423. The van der Waals surface area contributed by atoms with Crippen molar-refractivity contribution < 1.29 is 4.79 Å². The van der Waals surface area contributed by atoms with Gasteiger partial charge in [-0.15, -0.1) is 0 Å². The number of carbonyl (C=O) groups excluding carboxylic acids is 1. The van der Waals surface area contributed by atoms with E-state index in [1.165, 1.54) is 12.8 Å². The Morgan fingerprint density at radius 2 is 1.94 bits per heavy atom. The third-order valence-corrected chi connectivity index (χ3v) is 8.74. The van der Waals surface area contributed by atoms with E-state index in [9.17, 15) is 4.79 Å². The summed E-state index contributed by atoms with van der Waals surface area (Å²) in [5.41, 5.74) is 5.07. The van der Waals surface area contributed by atoms with Crippen LogP contribution in [0.3, 0.4) is 0 Å². The van der Waals surface area contributed by atoms with Crippen molar-refractivity contribution in [3.63, 3.8) is 0 Å². The van der Waals surface area contributed by atoms with E-state index >= 15 is 0 Å². The number of allylic oxidation sites excluding steroid dienone is 1. The van der Waals surface area contributed by atoms with Crippen LogP contribution in [0, 0.1) is 6.92 Å². The lowest BCUT2D eigenvalue weighted by molar-refractivity contribution is -0.123. The van der Waals surface area contributed by atoms with Gasteiger partial charge in [-0.05, 0) is 51.4 Å². The highest BCUT2D eigenvalue weighted by Gasteiger charge is 2.31. The predicted octanol–water partition coefficient (Wildman–Crippen LogP) is 4.01. The number of hydrogen-bond acceptors (Lipinski definition) is 5. The summed E-state index contributed by atoms with van der Waals surface area (Å²) in [5.74, 6) is 0.112. The molecule has 3 aliphatic rings. The first-order valence-corrected chi connectivity index (χ1v) is 13.6. The lowest BCUT2D eigenvalue weighted by atomic mass is 10.0. The van der Waals surface area contributed by atoms with Crippen molar-refractivity contribution in [2.24, 2.45) is 0 Å². The Bertz CT molecular complexity index is 1170. The molecule has 7 nitrogen and oxygen atoms in total. The van der Waals surface area contributed by atoms with Gasteiger partial charge in [0.05, 0.1) is 40.3 Å². The summed E-state index contributed by atoms with van der Waals surface area (Å²) in [6.45, 7) is 12.9. The number of fused-ring (bicyclic) bond motifs is 2. The molecule has 0 aliphatic carbocycles. The van der Waals surface area contributed by atoms with Gasteiger partial charge in [0, 0.05) is 36.7 Å². The molecule has 3 aliphatic heterocycles. The lowest BCUT2D eigenvalue weighted by Gasteiger charge is -2.41. The topological polar surface area (TPSA) is 57.0 Å². The van der Waals surface area contributed by atoms with Crippen LogP contribution in [0.15, 0.2) is 42.4 Å². The molecule has 2 aromatic rings. The highest BCUT2D eigenvalue weighted by molar-refractivity contribution is 7.51. The maximum absolute atomic E-state index is 13.2. The van der Waals surface area contributed by atoms with Gasteiger partial charge in [-0.3, -0.25) is 9.78 Å². The molecule has 34 heavy (non-hydrogen) atoms.